The first-order valence-corrected chi connectivity index (χ1v) is 7.63. The van der Waals surface area contributed by atoms with Crippen molar-refractivity contribution in [1.29, 1.82) is 5.26 Å². The number of benzene rings is 1. The van der Waals surface area contributed by atoms with Crippen LogP contribution >= 0.6 is 0 Å². The van der Waals surface area contributed by atoms with Gasteiger partial charge < -0.3 is 9.47 Å². The number of esters is 1. The smallest absolute Gasteiger partial charge is 0.321 e. The van der Waals surface area contributed by atoms with E-state index in [1.165, 1.54) is 19.2 Å². The van der Waals surface area contributed by atoms with Crippen LogP contribution in [0.3, 0.4) is 0 Å². The second-order valence-electron chi connectivity index (χ2n) is 4.05. The average molecular weight is 297 g/mol. The number of ether oxygens (including phenoxy) is 2. The molecule has 0 aliphatic carbocycles. The third-order valence-corrected chi connectivity index (χ3v) is 3.81. The summed E-state index contributed by atoms with van der Waals surface area (Å²) in [6, 6.07) is 8.10. The van der Waals surface area contributed by atoms with E-state index in [1.54, 1.807) is 12.1 Å². The van der Waals surface area contributed by atoms with Crippen molar-refractivity contribution in [3.63, 3.8) is 0 Å². The van der Waals surface area contributed by atoms with Gasteiger partial charge in [-0.15, -0.1) is 0 Å². The molecular formula is C13H15NO5S. The van der Waals surface area contributed by atoms with Crippen molar-refractivity contribution in [2.45, 2.75) is 5.75 Å². The summed E-state index contributed by atoms with van der Waals surface area (Å²) in [6.07, 6.45) is 0. The topological polar surface area (TPSA) is 93.5 Å². The van der Waals surface area contributed by atoms with Gasteiger partial charge in [0.2, 0.25) is 0 Å². The van der Waals surface area contributed by atoms with Crippen LogP contribution in [-0.4, -0.2) is 40.5 Å². The number of carbonyl (C=O) groups is 1. The van der Waals surface area contributed by atoms with Gasteiger partial charge in [-0.2, -0.15) is 5.26 Å². The number of methoxy groups -OCH3 is 1. The fraction of sp³-hybridized carbons (Fsp3) is 0.385. The first-order valence-electron chi connectivity index (χ1n) is 5.81. The average Bonchev–Trinajstić information content (AvgIpc) is 2.38. The molecule has 0 fully saturated rings. The van der Waals surface area contributed by atoms with Gasteiger partial charge in [-0.3, -0.25) is 4.79 Å². The van der Waals surface area contributed by atoms with Crippen LogP contribution < -0.4 is 0 Å². The van der Waals surface area contributed by atoms with Crippen LogP contribution in [0.4, 0.5) is 0 Å². The van der Waals surface area contributed by atoms with Crippen LogP contribution in [0.2, 0.25) is 0 Å². The van der Waals surface area contributed by atoms with E-state index in [9.17, 15) is 13.2 Å². The summed E-state index contributed by atoms with van der Waals surface area (Å²) in [7, 11) is -2.13. The van der Waals surface area contributed by atoms with E-state index in [-0.39, 0.29) is 19.0 Å². The molecule has 0 aromatic heterocycles. The molecule has 1 rings (SSSR count). The molecule has 7 heteroatoms. The summed E-state index contributed by atoms with van der Waals surface area (Å²) in [6.45, 7) is 0.253. The first-order chi connectivity index (χ1) is 9.46. The van der Waals surface area contributed by atoms with Gasteiger partial charge in [-0.05, 0) is 17.7 Å². The number of hydrogen-bond acceptors (Lipinski definition) is 6. The lowest BCUT2D eigenvalue weighted by Gasteiger charge is -2.06. The Labute approximate surface area is 117 Å². The van der Waals surface area contributed by atoms with Crippen molar-refractivity contribution >= 4 is 15.8 Å². The molecule has 0 bridgehead atoms. The van der Waals surface area contributed by atoms with Crippen LogP contribution in [-0.2, 0) is 29.9 Å². The Balaban J connectivity index is 2.56. The molecular weight excluding hydrogens is 282 g/mol. The molecule has 0 saturated carbocycles. The van der Waals surface area contributed by atoms with Crippen molar-refractivity contribution < 1.29 is 22.7 Å². The van der Waals surface area contributed by atoms with Gasteiger partial charge in [0.05, 0.1) is 24.0 Å². The lowest BCUT2D eigenvalue weighted by atomic mass is 10.2. The maximum absolute atomic E-state index is 11.8. The fourth-order valence-corrected chi connectivity index (χ4v) is 2.69. The Morgan fingerprint density at radius 1 is 1.25 bits per heavy atom. The van der Waals surface area contributed by atoms with Crippen LogP contribution in [0.25, 0.3) is 0 Å². The molecule has 1 aromatic rings. The summed E-state index contributed by atoms with van der Waals surface area (Å²) in [4.78, 5) is 11.3. The zero-order chi connectivity index (χ0) is 15.0. The second-order valence-corrected chi connectivity index (χ2v) is 6.12. The monoisotopic (exact) mass is 297 g/mol. The van der Waals surface area contributed by atoms with Crippen molar-refractivity contribution in [3.8, 4) is 6.07 Å². The number of nitriles is 1. The van der Waals surface area contributed by atoms with Gasteiger partial charge in [0, 0.05) is 7.11 Å². The van der Waals surface area contributed by atoms with E-state index in [1.807, 2.05) is 6.07 Å². The highest BCUT2D eigenvalue weighted by molar-refractivity contribution is 7.91. The maximum atomic E-state index is 11.8. The number of sulfone groups is 1. The lowest BCUT2D eigenvalue weighted by Crippen LogP contribution is -2.21. The number of hydrogen-bond donors (Lipinski definition) is 0. The third kappa shape index (κ3) is 5.82. The van der Waals surface area contributed by atoms with Crippen molar-refractivity contribution in [2.24, 2.45) is 0 Å². The minimum absolute atomic E-state index is 0.0295. The van der Waals surface area contributed by atoms with E-state index in [0.717, 1.165) is 0 Å². The second kappa shape index (κ2) is 7.62. The highest BCUT2D eigenvalue weighted by atomic mass is 32.2. The standard InChI is InChI=1S/C13H15NO5S/c1-18-6-7-19-13(15)10-20(16,17)9-12-4-2-11(8-14)3-5-12/h2-5H,6-7,9-10H2,1H3. The molecule has 1 aromatic carbocycles. The molecule has 0 heterocycles. The molecule has 0 N–H and O–H groups in total. The van der Waals surface area contributed by atoms with E-state index in [4.69, 9.17) is 10.00 Å². The molecule has 0 radical (unpaired) electrons. The predicted octanol–water partition coefficient (Wildman–Crippen LogP) is 0.663. The van der Waals surface area contributed by atoms with E-state index < -0.39 is 21.6 Å². The first kappa shape index (κ1) is 16.1. The molecule has 108 valence electrons. The van der Waals surface area contributed by atoms with E-state index in [0.29, 0.717) is 11.1 Å². The Bertz CT molecular complexity index is 586. The highest BCUT2D eigenvalue weighted by Crippen LogP contribution is 2.09. The number of nitrogens with zero attached hydrogens (tertiary/aromatic N) is 1. The zero-order valence-electron chi connectivity index (χ0n) is 11.0. The predicted molar refractivity (Wildman–Crippen MR) is 71.5 cm³/mol. The highest BCUT2D eigenvalue weighted by Gasteiger charge is 2.18. The van der Waals surface area contributed by atoms with Gasteiger partial charge in [-0.25, -0.2) is 8.42 Å². The molecule has 0 aliphatic heterocycles. The molecule has 0 aliphatic rings. The molecule has 0 unspecified atom stereocenters. The summed E-state index contributed by atoms with van der Waals surface area (Å²) in [5.74, 6) is -1.73. The Kier molecular flexibility index (Phi) is 6.15. The summed E-state index contributed by atoms with van der Waals surface area (Å²) >= 11 is 0. The van der Waals surface area contributed by atoms with E-state index in [2.05, 4.69) is 4.74 Å². The minimum atomic E-state index is -3.59. The van der Waals surface area contributed by atoms with Crippen LogP contribution in [0, 0.1) is 11.3 Å². The van der Waals surface area contributed by atoms with Crippen molar-refractivity contribution in [2.75, 3.05) is 26.1 Å². The van der Waals surface area contributed by atoms with Crippen LogP contribution in [0.1, 0.15) is 11.1 Å². The largest absolute Gasteiger partial charge is 0.462 e. The van der Waals surface area contributed by atoms with E-state index >= 15 is 0 Å². The molecule has 0 saturated heterocycles. The lowest BCUT2D eigenvalue weighted by molar-refractivity contribution is -0.141. The van der Waals surface area contributed by atoms with Gasteiger partial charge in [0.1, 0.15) is 12.4 Å². The van der Waals surface area contributed by atoms with Crippen molar-refractivity contribution in [1.82, 2.24) is 0 Å². The molecule has 6 nitrogen and oxygen atoms in total. The van der Waals surface area contributed by atoms with Gasteiger partial charge in [0.25, 0.3) is 0 Å². The molecule has 0 amide bonds. The molecule has 0 spiro atoms. The summed E-state index contributed by atoms with van der Waals surface area (Å²) < 4.78 is 33.0. The minimum Gasteiger partial charge on any atom is -0.462 e. The van der Waals surface area contributed by atoms with Gasteiger partial charge in [0.15, 0.2) is 9.84 Å². The van der Waals surface area contributed by atoms with Crippen LogP contribution in [0.15, 0.2) is 24.3 Å². The maximum Gasteiger partial charge on any atom is 0.321 e. The zero-order valence-corrected chi connectivity index (χ0v) is 11.9. The van der Waals surface area contributed by atoms with Crippen molar-refractivity contribution in [3.05, 3.63) is 35.4 Å². The number of carbonyl (C=O) groups excluding carboxylic acids is 1. The Morgan fingerprint density at radius 3 is 2.45 bits per heavy atom. The van der Waals surface area contributed by atoms with Gasteiger partial charge in [-0.1, -0.05) is 12.1 Å². The SMILES string of the molecule is COCCOC(=O)CS(=O)(=O)Cc1ccc(C#N)cc1. The Hall–Kier alpha value is -1.91. The Morgan fingerprint density at radius 2 is 1.90 bits per heavy atom. The quantitative estimate of drug-likeness (QED) is 0.542. The normalized spacial score (nSPS) is 10.8. The summed E-state index contributed by atoms with van der Waals surface area (Å²) in [5, 5.41) is 8.64. The fourth-order valence-electron chi connectivity index (χ4n) is 1.44. The summed E-state index contributed by atoms with van der Waals surface area (Å²) in [5.41, 5.74) is 0.971. The molecule has 0 atom stereocenters. The van der Waals surface area contributed by atoms with Gasteiger partial charge >= 0.3 is 5.97 Å². The molecule has 20 heavy (non-hydrogen) atoms. The number of rotatable bonds is 7. The third-order valence-electron chi connectivity index (χ3n) is 2.36. The van der Waals surface area contributed by atoms with Crippen LogP contribution in [0.5, 0.6) is 0 Å².